The number of para-hydroxylation sites is 1. The quantitative estimate of drug-likeness (QED) is 0.557. The maximum absolute atomic E-state index is 12.5. The van der Waals surface area contributed by atoms with Crippen LogP contribution in [-0.4, -0.2) is 40.5 Å². The highest BCUT2D eigenvalue weighted by Crippen LogP contribution is 2.29. The van der Waals surface area contributed by atoms with Crippen molar-refractivity contribution in [2.45, 2.75) is 30.1 Å². The summed E-state index contributed by atoms with van der Waals surface area (Å²) in [7, 11) is 0. The number of nitrogens with one attached hydrogen (secondary N) is 1. The minimum atomic E-state index is -0.00474. The Balaban J connectivity index is 1.17. The molecule has 0 aliphatic carbocycles. The van der Waals surface area contributed by atoms with Gasteiger partial charge in [-0.2, -0.15) is 0 Å². The first-order valence-corrected chi connectivity index (χ1v) is 12.1. The Hall–Kier alpha value is -2.38. The Kier molecular flexibility index (Phi) is 7.02. The highest BCUT2D eigenvalue weighted by Gasteiger charge is 2.27. The number of aromatic nitrogens is 1. The largest absolute Gasteiger partial charge is 0.352 e. The van der Waals surface area contributed by atoms with Crippen molar-refractivity contribution in [2.24, 2.45) is 5.92 Å². The summed E-state index contributed by atoms with van der Waals surface area (Å²) in [4.78, 5) is 31.5. The maximum atomic E-state index is 12.5. The average Bonchev–Trinajstić information content (AvgIpc) is 3.21. The van der Waals surface area contributed by atoms with E-state index in [1.54, 1.807) is 23.1 Å². The first kappa shape index (κ1) is 20.9. The molecule has 5 nitrogen and oxygen atoms in total. The van der Waals surface area contributed by atoms with Crippen molar-refractivity contribution < 1.29 is 9.59 Å². The normalized spacial score (nSPS) is 14.7. The number of amides is 2. The lowest BCUT2D eigenvalue weighted by molar-refractivity contribution is -0.135. The summed E-state index contributed by atoms with van der Waals surface area (Å²) in [5.74, 6) is 0.995. The Bertz CT molecular complexity index is 965. The van der Waals surface area contributed by atoms with Gasteiger partial charge >= 0.3 is 0 Å². The molecule has 1 aliphatic rings. The van der Waals surface area contributed by atoms with Crippen LogP contribution in [0.1, 0.15) is 24.8 Å². The van der Waals surface area contributed by atoms with Crippen molar-refractivity contribution in [3.63, 3.8) is 0 Å². The monoisotopic (exact) mass is 439 g/mol. The zero-order valence-electron chi connectivity index (χ0n) is 16.8. The molecule has 2 amide bonds. The average molecular weight is 440 g/mol. The minimum Gasteiger partial charge on any atom is -0.352 e. The smallest absolute Gasteiger partial charge is 0.223 e. The Morgan fingerprint density at radius 1 is 1.07 bits per heavy atom. The van der Waals surface area contributed by atoms with Crippen LogP contribution < -0.4 is 5.32 Å². The van der Waals surface area contributed by atoms with Gasteiger partial charge < -0.3 is 10.2 Å². The van der Waals surface area contributed by atoms with Crippen LogP contribution in [-0.2, 0) is 16.1 Å². The molecule has 1 N–H and O–H groups in total. The second kappa shape index (κ2) is 10.1. The molecule has 1 aromatic heterocycles. The standard InChI is InChI=1S/C23H25N3O2S2/c27-21(12-15-29-23-25-19-8-4-5-9-20(19)30-23)26-13-10-18(11-14-26)22(28)24-16-17-6-2-1-3-7-17/h1-9,18H,10-16H2,(H,24,28). The summed E-state index contributed by atoms with van der Waals surface area (Å²) in [6.07, 6.45) is 1.97. The van der Waals surface area contributed by atoms with Gasteiger partial charge in [-0.1, -0.05) is 54.2 Å². The summed E-state index contributed by atoms with van der Waals surface area (Å²) >= 11 is 3.32. The highest BCUT2D eigenvalue weighted by atomic mass is 32.2. The maximum Gasteiger partial charge on any atom is 0.223 e. The number of piperidine rings is 1. The predicted octanol–water partition coefficient (Wildman–Crippen LogP) is 4.33. The minimum absolute atomic E-state index is 0.00474. The number of carbonyl (C=O) groups excluding carboxylic acids is 2. The number of benzene rings is 2. The Labute approximate surface area is 184 Å². The number of likely N-dealkylation sites (tertiary alicyclic amines) is 1. The molecule has 0 bridgehead atoms. The zero-order chi connectivity index (χ0) is 20.8. The van der Waals surface area contributed by atoms with E-state index < -0.39 is 0 Å². The van der Waals surface area contributed by atoms with E-state index in [0.29, 0.717) is 26.1 Å². The molecule has 0 atom stereocenters. The van der Waals surface area contributed by atoms with Crippen molar-refractivity contribution in [3.05, 3.63) is 60.2 Å². The molecule has 1 fully saturated rings. The fourth-order valence-corrected chi connectivity index (χ4v) is 5.68. The van der Waals surface area contributed by atoms with Crippen molar-refractivity contribution >= 4 is 45.1 Å². The number of hydrogen-bond acceptors (Lipinski definition) is 5. The molecule has 7 heteroatoms. The molecule has 0 radical (unpaired) electrons. The van der Waals surface area contributed by atoms with Gasteiger partial charge in [-0.15, -0.1) is 11.3 Å². The van der Waals surface area contributed by atoms with Crippen molar-refractivity contribution in [1.82, 2.24) is 15.2 Å². The van der Waals surface area contributed by atoms with Gasteiger partial charge in [0.05, 0.1) is 10.2 Å². The lowest BCUT2D eigenvalue weighted by Gasteiger charge is -2.31. The molecule has 4 rings (SSSR count). The van der Waals surface area contributed by atoms with E-state index >= 15 is 0 Å². The van der Waals surface area contributed by atoms with Gasteiger partial charge in [-0.25, -0.2) is 4.98 Å². The number of rotatable bonds is 7. The predicted molar refractivity (Wildman–Crippen MR) is 123 cm³/mol. The van der Waals surface area contributed by atoms with Crippen LogP contribution in [0.5, 0.6) is 0 Å². The van der Waals surface area contributed by atoms with Crippen LogP contribution >= 0.6 is 23.1 Å². The molecular formula is C23H25N3O2S2. The third-order valence-electron chi connectivity index (χ3n) is 5.34. The van der Waals surface area contributed by atoms with Gasteiger partial charge in [-0.3, -0.25) is 9.59 Å². The van der Waals surface area contributed by atoms with Gasteiger partial charge in [0.25, 0.3) is 0 Å². The summed E-state index contributed by atoms with van der Waals surface area (Å²) < 4.78 is 2.19. The SMILES string of the molecule is O=C(NCc1ccccc1)C1CCN(C(=O)CCSc2nc3ccccc3s2)CC1. The molecule has 2 aromatic carbocycles. The third kappa shape index (κ3) is 5.40. The second-order valence-corrected chi connectivity index (χ2v) is 9.78. The van der Waals surface area contributed by atoms with Crippen LogP contribution in [0.4, 0.5) is 0 Å². The van der Waals surface area contributed by atoms with E-state index in [1.807, 2.05) is 53.4 Å². The van der Waals surface area contributed by atoms with E-state index in [2.05, 4.69) is 16.4 Å². The van der Waals surface area contributed by atoms with Crippen LogP contribution in [0, 0.1) is 5.92 Å². The van der Waals surface area contributed by atoms with Gasteiger partial charge in [-0.05, 0) is 30.5 Å². The number of nitrogens with zero attached hydrogens (tertiary/aromatic N) is 2. The van der Waals surface area contributed by atoms with Crippen LogP contribution in [0.2, 0.25) is 0 Å². The first-order valence-electron chi connectivity index (χ1n) is 10.3. The summed E-state index contributed by atoms with van der Waals surface area (Å²) in [5.41, 5.74) is 2.12. The third-order valence-corrected chi connectivity index (χ3v) is 7.52. The molecule has 0 saturated carbocycles. The van der Waals surface area contributed by atoms with Gasteiger partial charge in [0.2, 0.25) is 11.8 Å². The van der Waals surface area contributed by atoms with E-state index in [-0.39, 0.29) is 17.7 Å². The van der Waals surface area contributed by atoms with Crippen molar-refractivity contribution in [2.75, 3.05) is 18.8 Å². The van der Waals surface area contributed by atoms with Gasteiger partial charge in [0.1, 0.15) is 0 Å². The second-order valence-electron chi connectivity index (χ2n) is 7.40. The van der Waals surface area contributed by atoms with E-state index in [1.165, 1.54) is 4.70 Å². The fourth-order valence-electron chi connectivity index (χ4n) is 3.62. The van der Waals surface area contributed by atoms with Crippen LogP contribution in [0.3, 0.4) is 0 Å². The van der Waals surface area contributed by atoms with Crippen LogP contribution in [0.15, 0.2) is 58.9 Å². The summed E-state index contributed by atoms with van der Waals surface area (Å²) in [5, 5.41) is 3.02. The summed E-state index contributed by atoms with van der Waals surface area (Å²) in [6.45, 7) is 1.88. The molecule has 1 aliphatic heterocycles. The van der Waals surface area contributed by atoms with Crippen molar-refractivity contribution in [3.8, 4) is 0 Å². The number of thioether (sulfide) groups is 1. The summed E-state index contributed by atoms with van der Waals surface area (Å²) in [6, 6.07) is 18.0. The van der Waals surface area contributed by atoms with E-state index in [4.69, 9.17) is 0 Å². The molecule has 2 heterocycles. The van der Waals surface area contributed by atoms with E-state index in [9.17, 15) is 9.59 Å². The van der Waals surface area contributed by atoms with E-state index in [0.717, 1.165) is 34.0 Å². The lowest BCUT2D eigenvalue weighted by atomic mass is 9.95. The molecule has 0 unspecified atom stereocenters. The number of hydrogen-bond donors (Lipinski definition) is 1. The molecule has 156 valence electrons. The van der Waals surface area contributed by atoms with Gasteiger partial charge in [0, 0.05) is 37.7 Å². The lowest BCUT2D eigenvalue weighted by Crippen LogP contribution is -2.43. The molecular weight excluding hydrogens is 414 g/mol. The molecule has 30 heavy (non-hydrogen) atoms. The van der Waals surface area contributed by atoms with Crippen molar-refractivity contribution in [1.29, 1.82) is 0 Å². The fraction of sp³-hybridized carbons (Fsp3) is 0.348. The van der Waals surface area contributed by atoms with Crippen LogP contribution in [0.25, 0.3) is 10.2 Å². The first-order chi connectivity index (χ1) is 14.7. The number of fused-ring (bicyclic) bond motifs is 1. The molecule has 3 aromatic rings. The Morgan fingerprint density at radius 3 is 2.57 bits per heavy atom. The number of carbonyl (C=O) groups is 2. The molecule has 0 spiro atoms. The van der Waals surface area contributed by atoms with Gasteiger partial charge in [0.15, 0.2) is 4.34 Å². The zero-order valence-corrected chi connectivity index (χ0v) is 18.4. The Morgan fingerprint density at radius 2 is 1.80 bits per heavy atom. The topological polar surface area (TPSA) is 62.3 Å². The number of thiazole rings is 1. The highest BCUT2D eigenvalue weighted by molar-refractivity contribution is 8.01. The molecule has 1 saturated heterocycles.